The molecule has 0 bridgehead atoms. The standard InChI is InChI=1S/C13H19NO4S2/c1-4-10(9-19-3)14-20(16,17)12-8-6-5-7-11(12)13(15)18-2/h5-8,10,14H,4,9H2,1-3H3. The number of nitrogens with one attached hydrogen (secondary N) is 1. The lowest BCUT2D eigenvalue weighted by Gasteiger charge is -2.17. The van der Waals surface area contributed by atoms with Gasteiger partial charge in [0.15, 0.2) is 0 Å². The first kappa shape index (κ1) is 17.0. The van der Waals surface area contributed by atoms with E-state index in [1.54, 1.807) is 23.9 Å². The molecule has 0 radical (unpaired) electrons. The second-order valence-corrected chi connectivity index (χ2v) is 6.76. The van der Waals surface area contributed by atoms with Crippen molar-refractivity contribution in [1.82, 2.24) is 4.72 Å². The summed E-state index contributed by atoms with van der Waals surface area (Å²) >= 11 is 1.57. The van der Waals surface area contributed by atoms with E-state index in [4.69, 9.17) is 0 Å². The molecule has 1 unspecified atom stereocenters. The lowest BCUT2D eigenvalue weighted by molar-refractivity contribution is 0.0596. The number of esters is 1. The van der Waals surface area contributed by atoms with Gasteiger partial charge in [-0.1, -0.05) is 19.1 Å². The Kier molecular flexibility index (Phi) is 6.51. The molecular formula is C13H19NO4S2. The van der Waals surface area contributed by atoms with Crippen LogP contribution in [0.25, 0.3) is 0 Å². The van der Waals surface area contributed by atoms with Crippen molar-refractivity contribution < 1.29 is 17.9 Å². The summed E-state index contributed by atoms with van der Waals surface area (Å²) in [6.07, 6.45) is 2.60. The third-order valence-corrected chi connectivity index (χ3v) is 5.08. The number of methoxy groups -OCH3 is 1. The molecule has 5 nitrogen and oxygen atoms in total. The first-order valence-corrected chi connectivity index (χ1v) is 9.02. The molecule has 1 rings (SSSR count). The second-order valence-electron chi connectivity index (χ2n) is 4.17. The van der Waals surface area contributed by atoms with E-state index in [1.165, 1.54) is 19.2 Å². The number of rotatable bonds is 7. The average Bonchev–Trinajstić information content (AvgIpc) is 2.45. The van der Waals surface area contributed by atoms with Gasteiger partial charge in [-0.3, -0.25) is 0 Å². The van der Waals surface area contributed by atoms with Crippen LogP contribution in [-0.2, 0) is 14.8 Å². The van der Waals surface area contributed by atoms with Gasteiger partial charge >= 0.3 is 5.97 Å². The van der Waals surface area contributed by atoms with Crippen molar-refractivity contribution in [2.24, 2.45) is 0 Å². The maximum atomic E-state index is 12.4. The fourth-order valence-corrected chi connectivity index (χ4v) is 4.04. The quantitative estimate of drug-likeness (QED) is 0.778. The van der Waals surface area contributed by atoms with Crippen LogP contribution in [-0.4, -0.2) is 39.5 Å². The van der Waals surface area contributed by atoms with Crippen molar-refractivity contribution >= 4 is 27.8 Å². The molecule has 1 aromatic rings. The van der Waals surface area contributed by atoms with Crippen molar-refractivity contribution in [3.63, 3.8) is 0 Å². The molecule has 0 heterocycles. The van der Waals surface area contributed by atoms with Gasteiger partial charge in [0.1, 0.15) is 0 Å². The van der Waals surface area contributed by atoms with E-state index in [-0.39, 0.29) is 16.5 Å². The number of ether oxygens (including phenoxy) is 1. The van der Waals surface area contributed by atoms with Gasteiger partial charge in [-0.15, -0.1) is 0 Å². The van der Waals surface area contributed by atoms with Gasteiger partial charge < -0.3 is 4.74 Å². The highest BCUT2D eigenvalue weighted by Gasteiger charge is 2.24. The van der Waals surface area contributed by atoms with Gasteiger partial charge in [0, 0.05) is 11.8 Å². The Morgan fingerprint density at radius 2 is 2.05 bits per heavy atom. The fraction of sp³-hybridized carbons (Fsp3) is 0.462. The number of benzene rings is 1. The first-order chi connectivity index (χ1) is 9.46. The number of thioether (sulfide) groups is 1. The van der Waals surface area contributed by atoms with Crippen molar-refractivity contribution in [3.05, 3.63) is 29.8 Å². The smallest absolute Gasteiger partial charge is 0.339 e. The van der Waals surface area contributed by atoms with Gasteiger partial charge in [0.25, 0.3) is 0 Å². The van der Waals surface area contributed by atoms with Crippen molar-refractivity contribution in [2.45, 2.75) is 24.3 Å². The van der Waals surface area contributed by atoms with E-state index in [1.807, 2.05) is 13.2 Å². The Balaban J connectivity index is 3.12. The van der Waals surface area contributed by atoms with Crippen LogP contribution in [0.1, 0.15) is 23.7 Å². The molecule has 7 heteroatoms. The van der Waals surface area contributed by atoms with Gasteiger partial charge in [-0.2, -0.15) is 11.8 Å². The Bertz CT molecular complexity index is 557. The Hall–Kier alpha value is -1.05. The van der Waals surface area contributed by atoms with Crippen LogP contribution in [0.2, 0.25) is 0 Å². The molecule has 112 valence electrons. The van der Waals surface area contributed by atoms with Gasteiger partial charge in [0.2, 0.25) is 10.0 Å². The van der Waals surface area contributed by atoms with E-state index < -0.39 is 16.0 Å². The molecule has 1 atom stereocenters. The molecule has 1 aromatic carbocycles. The predicted molar refractivity (Wildman–Crippen MR) is 80.6 cm³/mol. The summed E-state index contributed by atoms with van der Waals surface area (Å²) in [4.78, 5) is 11.6. The molecular weight excluding hydrogens is 298 g/mol. The third-order valence-electron chi connectivity index (χ3n) is 2.76. The topological polar surface area (TPSA) is 72.5 Å². The minimum Gasteiger partial charge on any atom is -0.465 e. The average molecular weight is 317 g/mol. The third kappa shape index (κ3) is 4.22. The fourth-order valence-electron chi connectivity index (χ4n) is 1.70. The molecule has 0 aromatic heterocycles. The summed E-state index contributed by atoms with van der Waals surface area (Å²) in [5, 5.41) is 0. The summed E-state index contributed by atoms with van der Waals surface area (Å²) in [7, 11) is -2.52. The number of carbonyl (C=O) groups excluding carboxylic acids is 1. The minimum atomic E-state index is -3.74. The number of hydrogen-bond donors (Lipinski definition) is 1. The monoisotopic (exact) mass is 317 g/mol. The molecule has 20 heavy (non-hydrogen) atoms. The molecule has 0 saturated carbocycles. The maximum absolute atomic E-state index is 12.4. The summed E-state index contributed by atoms with van der Waals surface area (Å²) in [6, 6.07) is 5.86. The molecule has 0 aliphatic rings. The predicted octanol–water partition coefficient (Wildman–Crippen LogP) is 1.89. The summed E-state index contributed by atoms with van der Waals surface area (Å²) in [5.41, 5.74) is 0.0431. The van der Waals surface area contributed by atoms with Crippen LogP contribution >= 0.6 is 11.8 Å². The van der Waals surface area contributed by atoms with Crippen LogP contribution < -0.4 is 4.72 Å². The van der Waals surface area contributed by atoms with E-state index in [9.17, 15) is 13.2 Å². The zero-order valence-electron chi connectivity index (χ0n) is 11.8. The summed E-state index contributed by atoms with van der Waals surface area (Å²) < 4.78 is 32.0. The second kappa shape index (κ2) is 7.66. The number of hydrogen-bond acceptors (Lipinski definition) is 5. The van der Waals surface area contributed by atoms with E-state index >= 15 is 0 Å². The zero-order chi connectivity index (χ0) is 15.2. The SMILES string of the molecule is CCC(CSC)NS(=O)(=O)c1ccccc1C(=O)OC. The van der Waals surface area contributed by atoms with E-state index in [0.717, 1.165) is 0 Å². The summed E-state index contributed by atoms with van der Waals surface area (Å²) in [6.45, 7) is 1.91. The molecule has 1 N–H and O–H groups in total. The van der Waals surface area contributed by atoms with Crippen molar-refractivity contribution in [1.29, 1.82) is 0 Å². The Morgan fingerprint density at radius 1 is 1.40 bits per heavy atom. The zero-order valence-corrected chi connectivity index (χ0v) is 13.4. The molecule has 0 amide bonds. The highest BCUT2D eigenvalue weighted by molar-refractivity contribution is 7.98. The van der Waals surface area contributed by atoms with Crippen LogP contribution in [0.3, 0.4) is 0 Å². The Morgan fingerprint density at radius 3 is 2.60 bits per heavy atom. The van der Waals surface area contributed by atoms with Crippen molar-refractivity contribution in [2.75, 3.05) is 19.1 Å². The minimum absolute atomic E-state index is 0.0431. The normalized spacial score (nSPS) is 12.9. The first-order valence-electron chi connectivity index (χ1n) is 6.14. The van der Waals surface area contributed by atoms with Gasteiger partial charge in [0.05, 0.1) is 17.6 Å². The van der Waals surface area contributed by atoms with Crippen LogP contribution in [0, 0.1) is 0 Å². The lowest BCUT2D eigenvalue weighted by Crippen LogP contribution is -2.36. The molecule has 0 fully saturated rings. The largest absolute Gasteiger partial charge is 0.465 e. The molecule has 0 spiro atoms. The van der Waals surface area contributed by atoms with Crippen molar-refractivity contribution in [3.8, 4) is 0 Å². The number of carbonyl (C=O) groups is 1. The maximum Gasteiger partial charge on any atom is 0.339 e. The van der Waals surface area contributed by atoms with Crippen LogP contribution in [0.4, 0.5) is 0 Å². The highest BCUT2D eigenvalue weighted by Crippen LogP contribution is 2.17. The number of sulfonamides is 1. The Labute approximate surface area is 124 Å². The van der Waals surface area contributed by atoms with E-state index in [0.29, 0.717) is 12.2 Å². The molecule has 0 aliphatic carbocycles. The van der Waals surface area contributed by atoms with Gasteiger partial charge in [-0.05, 0) is 24.8 Å². The van der Waals surface area contributed by atoms with E-state index in [2.05, 4.69) is 9.46 Å². The van der Waals surface area contributed by atoms with Crippen LogP contribution in [0.15, 0.2) is 29.2 Å². The highest BCUT2D eigenvalue weighted by atomic mass is 32.2. The van der Waals surface area contributed by atoms with Gasteiger partial charge in [-0.25, -0.2) is 17.9 Å². The molecule has 0 saturated heterocycles. The lowest BCUT2D eigenvalue weighted by atomic mass is 10.2. The summed E-state index contributed by atoms with van der Waals surface area (Å²) in [5.74, 6) is 0.0136. The van der Waals surface area contributed by atoms with Crippen LogP contribution in [0.5, 0.6) is 0 Å². The molecule has 0 aliphatic heterocycles.